The van der Waals surface area contributed by atoms with Crippen molar-refractivity contribution in [2.45, 2.75) is 12.5 Å². The quantitative estimate of drug-likeness (QED) is 0.923. The van der Waals surface area contributed by atoms with Crippen LogP contribution in [0.4, 0.5) is 0 Å². The van der Waals surface area contributed by atoms with Crippen molar-refractivity contribution in [2.75, 3.05) is 13.2 Å². The summed E-state index contributed by atoms with van der Waals surface area (Å²) in [6.07, 6.45) is 0.888. The van der Waals surface area contributed by atoms with Crippen LogP contribution in [0, 0.1) is 0 Å². The Morgan fingerprint density at radius 2 is 2.37 bits per heavy atom. The molecule has 2 aromatic rings. The Bertz CT molecular complexity index is 630. The van der Waals surface area contributed by atoms with Gasteiger partial charge in [0, 0.05) is 23.5 Å². The minimum atomic E-state index is -0.0406. The maximum absolute atomic E-state index is 12.3. The molecule has 1 amide bonds. The first-order valence-electron chi connectivity index (χ1n) is 6.29. The lowest BCUT2D eigenvalue weighted by molar-refractivity contribution is 0.0922. The third kappa shape index (κ3) is 2.28. The second kappa shape index (κ2) is 4.98. The van der Waals surface area contributed by atoms with Crippen molar-refractivity contribution in [1.29, 1.82) is 0 Å². The van der Waals surface area contributed by atoms with Gasteiger partial charge < -0.3 is 14.6 Å². The second-order valence-corrected chi connectivity index (χ2v) is 5.65. The summed E-state index contributed by atoms with van der Waals surface area (Å²) in [5.74, 6) is -0.0406. The highest BCUT2D eigenvalue weighted by molar-refractivity contribution is 9.10. The van der Waals surface area contributed by atoms with Crippen LogP contribution in [0.2, 0.25) is 0 Å². The number of para-hydroxylation sites is 1. The zero-order chi connectivity index (χ0) is 13.4. The van der Waals surface area contributed by atoms with Crippen molar-refractivity contribution < 1.29 is 9.53 Å². The summed E-state index contributed by atoms with van der Waals surface area (Å²) < 4.78 is 8.19. The van der Waals surface area contributed by atoms with E-state index in [-0.39, 0.29) is 11.9 Å². The predicted octanol–water partition coefficient (Wildman–Crippen LogP) is 2.46. The van der Waals surface area contributed by atoms with E-state index in [1.165, 1.54) is 0 Å². The molecule has 0 aliphatic carbocycles. The largest absolute Gasteiger partial charge is 0.379 e. The number of halogens is 1. The van der Waals surface area contributed by atoms with E-state index in [0.717, 1.165) is 28.4 Å². The molecular weight excluding hydrogens is 308 g/mol. The summed E-state index contributed by atoms with van der Waals surface area (Å²) in [5.41, 5.74) is 1.71. The van der Waals surface area contributed by atoms with Crippen LogP contribution >= 0.6 is 15.9 Å². The van der Waals surface area contributed by atoms with E-state index in [1.54, 1.807) is 0 Å². The van der Waals surface area contributed by atoms with Crippen molar-refractivity contribution in [1.82, 2.24) is 9.88 Å². The molecule has 1 unspecified atom stereocenters. The van der Waals surface area contributed by atoms with Crippen LogP contribution in [0.5, 0.6) is 0 Å². The number of aromatic nitrogens is 1. The Morgan fingerprint density at radius 1 is 1.53 bits per heavy atom. The molecule has 1 N–H and O–H groups in total. The van der Waals surface area contributed by atoms with E-state index in [4.69, 9.17) is 4.74 Å². The monoisotopic (exact) mass is 322 g/mol. The maximum atomic E-state index is 12.3. The van der Waals surface area contributed by atoms with E-state index in [2.05, 4.69) is 21.2 Å². The van der Waals surface area contributed by atoms with Gasteiger partial charge in [0.25, 0.3) is 5.91 Å². The summed E-state index contributed by atoms with van der Waals surface area (Å²) in [6, 6.07) is 8.02. The van der Waals surface area contributed by atoms with Gasteiger partial charge in [0.05, 0.1) is 18.2 Å². The number of nitrogens with one attached hydrogen (secondary N) is 1. The first-order chi connectivity index (χ1) is 9.16. The number of hydrogen-bond donors (Lipinski definition) is 1. The van der Waals surface area contributed by atoms with Gasteiger partial charge in [-0.3, -0.25) is 4.79 Å². The topological polar surface area (TPSA) is 43.3 Å². The second-order valence-electron chi connectivity index (χ2n) is 4.80. The third-order valence-electron chi connectivity index (χ3n) is 3.50. The van der Waals surface area contributed by atoms with Gasteiger partial charge in [0.1, 0.15) is 5.69 Å². The normalized spacial score (nSPS) is 18.9. The summed E-state index contributed by atoms with van der Waals surface area (Å²) in [4.78, 5) is 12.3. The van der Waals surface area contributed by atoms with Crippen molar-refractivity contribution in [2.24, 2.45) is 7.05 Å². The van der Waals surface area contributed by atoms with Crippen LogP contribution in [0.25, 0.3) is 10.9 Å². The fraction of sp³-hybridized carbons (Fsp3) is 0.357. The average Bonchev–Trinajstić information content (AvgIpc) is 2.98. The molecule has 0 bridgehead atoms. The number of ether oxygens (including phenoxy) is 1. The number of rotatable bonds is 2. The average molecular weight is 323 g/mol. The van der Waals surface area contributed by atoms with Gasteiger partial charge in [-0.2, -0.15) is 0 Å². The number of fused-ring (bicyclic) bond motifs is 1. The Labute approximate surface area is 119 Å². The Kier molecular flexibility index (Phi) is 3.33. The molecule has 1 atom stereocenters. The van der Waals surface area contributed by atoms with E-state index in [1.807, 2.05) is 35.9 Å². The lowest BCUT2D eigenvalue weighted by atomic mass is 10.2. The molecule has 1 aliphatic heterocycles. The number of amides is 1. The number of aryl methyl sites for hydroxylation is 1. The van der Waals surface area contributed by atoms with Gasteiger partial charge in [-0.25, -0.2) is 0 Å². The lowest BCUT2D eigenvalue weighted by Crippen LogP contribution is -2.35. The Morgan fingerprint density at radius 3 is 3.05 bits per heavy atom. The van der Waals surface area contributed by atoms with Crippen LogP contribution in [0.3, 0.4) is 0 Å². The fourth-order valence-corrected chi connectivity index (χ4v) is 3.14. The van der Waals surface area contributed by atoms with Gasteiger partial charge in [-0.05, 0) is 34.5 Å². The molecule has 1 saturated heterocycles. The van der Waals surface area contributed by atoms with Crippen molar-refractivity contribution in [3.8, 4) is 0 Å². The molecule has 1 fully saturated rings. The molecule has 100 valence electrons. The summed E-state index contributed by atoms with van der Waals surface area (Å²) >= 11 is 3.53. The number of carbonyl (C=O) groups excluding carboxylic acids is 1. The van der Waals surface area contributed by atoms with E-state index in [0.29, 0.717) is 12.3 Å². The molecular formula is C14H15BrN2O2. The van der Waals surface area contributed by atoms with Crippen LogP contribution in [-0.2, 0) is 11.8 Å². The van der Waals surface area contributed by atoms with Gasteiger partial charge in [0.15, 0.2) is 0 Å². The molecule has 0 radical (unpaired) electrons. The molecule has 1 aromatic carbocycles. The summed E-state index contributed by atoms with van der Waals surface area (Å²) in [5, 5.41) is 4.08. The smallest absolute Gasteiger partial charge is 0.268 e. The standard InChI is InChI=1S/C14H15BrN2O2/c1-17-12(14(18)16-10-5-6-19-8-10)7-9-3-2-4-11(15)13(9)17/h2-4,7,10H,5-6,8H2,1H3,(H,16,18). The Balaban J connectivity index is 1.94. The van der Waals surface area contributed by atoms with Gasteiger partial charge >= 0.3 is 0 Å². The van der Waals surface area contributed by atoms with Gasteiger partial charge in [0.2, 0.25) is 0 Å². The van der Waals surface area contributed by atoms with Crippen LogP contribution in [0.15, 0.2) is 28.7 Å². The minimum absolute atomic E-state index is 0.0406. The van der Waals surface area contributed by atoms with Crippen LogP contribution in [0.1, 0.15) is 16.9 Å². The molecule has 3 rings (SSSR count). The highest BCUT2D eigenvalue weighted by Gasteiger charge is 2.21. The highest BCUT2D eigenvalue weighted by Crippen LogP contribution is 2.26. The number of carbonyl (C=O) groups is 1. The van der Waals surface area contributed by atoms with E-state index in [9.17, 15) is 4.79 Å². The molecule has 1 aliphatic rings. The predicted molar refractivity (Wildman–Crippen MR) is 77.3 cm³/mol. The van der Waals surface area contributed by atoms with E-state index < -0.39 is 0 Å². The highest BCUT2D eigenvalue weighted by atomic mass is 79.9. The summed E-state index contributed by atoms with van der Waals surface area (Å²) in [7, 11) is 1.91. The molecule has 2 heterocycles. The molecule has 0 spiro atoms. The third-order valence-corrected chi connectivity index (χ3v) is 4.14. The lowest BCUT2D eigenvalue weighted by Gasteiger charge is -2.11. The minimum Gasteiger partial charge on any atom is -0.379 e. The first kappa shape index (κ1) is 12.7. The zero-order valence-corrected chi connectivity index (χ0v) is 12.2. The molecule has 4 nitrogen and oxygen atoms in total. The van der Waals surface area contributed by atoms with Crippen LogP contribution in [-0.4, -0.2) is 29.7 Å². The number of nitrogens with zero attached hydrogens (tertiary/aromatic N) is 1. The number of benzene rings is 1. The molecule has 1 aromatic heterocycles. The first-order valence-corrected chi connectivity index (χ1v) is 7.08. The molecule has 0 saturated carbocycles. The maximum Gasteiger partial charge on any atom is 0.268 e. The van der Waals surface area contributed by atoms with E-state index >= 15 is 0 Å². The van der Waals surface area contributed by atoms with Crippen molar-refractivity contribution in [3.05, 3.63) is 34.4 Å². The Hall–Kier alpha value is -1.33. The van der Waals surface area contributed by atoms with Gasteiger partial charge in [-0.1, -0.05) is 12.1 Å². The fourth-order valence-electron chi connectivity index (χ4n) is 2.49. The van der Waals surface area contributed by atoms with Crippen molar-refractivity contribution >= 4 is 32.7 Å². The SMILES string of the molecule is Cn1c(C(=O)NC2CCOC2)cc2cccc(Br)c21. The molecule has 19 heavy (non-hydrogen) atoms. The zero-order valence-electron chi connectivity index (χ0n) is 10.6. The number of hydrogen-bond acceptors (Lipinski definition) is 2. The van der Waals surface area contributed by atoms with Crippen molar-refractivity contribution in [3.63, 3.8) is 0 Å². The molecule has 5 heteroatoms. The summed E-state index contributed by atoms with van der Waals surface area (Å²) in [6.45, 7) is 1.34. The van der Waals surface area contributed by atoms with Gasteiger partial charge in [-0.15, -0.1) is 0 Å². The van der Waals surface area contributed by atoms with Crippen LogP contribution < -0.4 is 5.32 Å².